The predicted octanol–water partition coefficient (Wildman–Crippen LogP) is -1.01. The number of carboxylic acids is 1. The average Bonchev–Trinajstić information content (AvgIpc) is 2.98. The normalized spacial score (nSPS) is 18.1. The highest BCUT2D eigenvalue weighted by atomic mass is 16.6. The maximum absolute atomic E-state index is 11.9. The molecule has 1 aliphatic heterocycles. The van der Waals surface area contributed by atoms with Crippen molar-refractivity contribution in [3.63, 3.8) is 0 Å². The molecule has 2 rings (SSSR count). The van der Waals surface area contributed by atoms with E-state index in [4.69, 9.17) is 9.94 Å². The molecule has 0 bridgehead atoms. The van der Waals surface area contributed by atoms with E-state index in [1.54, 1.807) is 7.05 Å². The van der Waals surface area contributed by atoms with Crippen LogP contribution in [0.4, 0.5) is 0 Å². The summed E-state index contributed by atoms with van der Waals surface area (Å²) in [6.07, 6.45) is 0.421. The van der Waals surface area contributed by atoms with Crippen molar-refractivity contribution in [1.29, 1.82) is 0 Å². The predicted molar refractivity (Wildman–Crippen MR) is 57.4 cm³/mol. The number of carbonyl (C=O) groups excluding carboxylic acids is 1. The van der Waals surface area contributed by atoms with Crippen molar-refractivity contribution in [2.45, 2.75) is 19.1 Å². The summed E-state index contributed by atoms with van der Waals surface area (Å²) in [4.78, 5) is 32.6. The van der Waals surface area contributed by atoms with Crippen LogP contribution < -0.4 is 0 Å². The number of H-pyrrole nitrogens is 1. The van der Waals surface area contributed by atoms with Crippen LogP contribution in [0.3, 0.4) is 0 Å². The molecule has 1 unspecified atom stereocenters. The summed E-state index contributed by atoms with van der Waals surface area (Å²) in [5, 5.41) is 18.3. The first kappa shape index (κ1) is 12.0. The van der Waals surface area contributed by atoms with E-state index in [1.165, 1.54) is 11.2 Å². The van der Waals surface area contributed by atoms with Gasteiger partial charge in [-0.1, -0.05) is 5.16 Å². The number of amides is 1. The Balaban J connectivity index is 1.91. The maximum atomic E-state index is 11.9. The van der Waals surface area contributed by atoms with E-state index >= 15 is 0 Å². The Kier molecular flexibility index (Phi) is 3.22. The number of aromatic amines is 1. The van der Waals surface area contributed by atoms with Crippen molar-refractivity contribution in [3.8, 4) is 0 Å². The molecule has 0 aromatic carbocycles. The number of nitrogens with zero attached hydrogens (tertiary/aromatic N) is 4. The van der Waals surface area contributed by atoms with Crippen LogP contribution in [0.5, 0.6) is 0 Å². The van der Waals surface area contributed by atoms with Crippen molar-refractivity contribution >= 4 is 17.6 Å². The Hall–Kier alpha value is -2.45. The lowest BCUT2D eigenvalue weighted by Gasteiger charge is -2.18. The fourth-order valence-corrected chi connectivity index (χ4v) is 1.49. The zero-order valence-corrected chi connectivity index (χ0v) is 9.53. The molecular formula is C9H11N5O4. The summed E-state index contributed by atoms with van der Waals surface area (Å²) in [6.45, 7) is 0.237. The van der Waals surface area contributed by atoms with Crippen LogP contribution in [-0.2, 0) is 21.0 Å². The van der Waals surface area contributed by atoms with Crippen molar-refractivity contribution in [1.82, 2.24) is 20.1 Å². The second-order valence-electron chi connectivity index (χ2n) is 3.77. The van der Waals surface area contributed by atoms with Crippen LogP contribution in [0, 0.1) is 0 Å². The number of nitrogens with one attached hydrogen (secondary N) is 1. The lowest BCUT2D eigenvalue weighted by atomic mass is 10.1. The van der Waals surface area contributed by atoms with Gasteiger partial charge in [-0.25, -0.2) is 9.78 Å². The zero-order chi connectivity index (χ0) is 13.1. The van der Waals surface area contributed by atoms with Crippen LogP contribution in [0.1, 0.15) is 12.2 Å². The topological polar surface area (TPSA) is 121 Å². The second kappa shape index (κ2) is 4.82. The Labute approximate surface area is 101 Å². The number of carbonyl (C=O) groups is 2. The van der Waals surface area contributed by atoms with Crippen LogP contribution in [0.25, 0.3) is 0 Å². The van der Waals surface area contributed by atoms with Gasteiger partial charge in [0.15, 0.2) is 5.71 Å². The molecule has 9 heteroatoms. The smallest absolute Gasteiger partial charge is 0.353 e. The third-order valence-corrected chi connectivity index (χ3v) is 2.42. The van der Waals surface area contributed by atoms with Gasteiger partial charge < -0.3 is 14.8 Å². The molecule has 0 saturated heterocycles. The maximum Gasteiger partial charge on any atom is 0.353 e. The average molecular weight is 253 g/mol. The number of aromatic nitrogens is 3. The van der Waals surface area contributed by atoms with E-state index in [1.807, 2.05) is 0 Å². The van der Waals surface area contributed by atoms with Crippen LogP contribution >= 0.6 is 0 Å². The van der Waals surface area contributed by atoms with Crippen LogP contribution in [0.15, 0.2) is 11.5 Å². The number of carboxylic acid groups (broad SMARTS) is 1. The van der Waals surface area contributed by atoms with Gasteiger partial charge in [-0.15, -0.1) is 0 Å². The molecule has 0 fully saturated rings. The lowest BCUT2D eigenvalue weighted by molar-refractivity contribution is -0.141. The second-order valence-corrected chi connectivity index (χ2v) is 3.77. The minimum atomic E-state index is -1.18. The number of hydrogen-bond acceptors (Lipinski definition) is 6. The fourth-order valence-electron chi connectivity index (χ4n) is 1.49. The van der Waals surface area contributed by atoms with E-state index in [2.05, 4.69) is 20.3 Å². The minimum Gasteiger partial charge on any atom is -0.477 e. The first-order chi connectivity index (χ1) is 8.58. The van der Waals surface area contributed by atoms with E-state index in [9.17, 15) is 9.59 Å². The first-order valence-corrected chi connectivity index (χ1v) is 5.13. The molecule has 2 heterocycles. The van der Waals surface area contributed by atoms with Gasteiger partial charge in [0.25, 0.3) is 5.91 Å². The number of likely N-dealkylation sites (N-methyl/N-ethyl adjacent to an activating group) is 1. The van der Waals surface area contributed by atoms with Gasteiger partial charge in [0.2, 0.25) is 6.10 Å². The van der Waals surface area contributed by atoms with Gasteiger partial charge in [0.1, 0.15) is 12.2 Å². The standard InChI is InChI=1S/C9H11N5O4/c1-14(3-7-10-4-11-12-7)8(15)6-2-5(9(16)17)13-18-6/h4,6H,2-3H2,1H3,(H,16,17)(H,10,11,12). The summed E-state index contributed by atoms with van der Waals surface area (Å²) in [7, 11) is 1.56. The molecule has 0 saturated carbocycles. The highest BCUT2D eigenvalue weighted by molar-refractivity contribution is 6.36. The highest BCUT2D eigenvalue weighted by Gasteiger charge is 2.33. The van der Waals surface area contributed by atoms with Gasteiger partial charge in [-0.2, -0.15) is 5.10 Å². The SMILES string of the molecule is CN(Cc1ncn[nH]1)C(=O)C1CC(C(=O)O)=NO1. The van der Waals surface area contributed by atoms with Crippen molar-refractivity contribution in [3.05, 3.63) is 12.2 Å². The minimum absolute atomic E-state index is 0.0328. The van der Waals surface area contributed by atoms with Crippen molar-refractivity contribution in [2.24, 2.45) is 5.16 Å². The monoisotopic (exact) mass is 253 g/mol. The Bertz CT molecular complexity index is 483. The van der Waals surface area contributed by atoms with E-state index in [-0.39, 0.29) is 24.6 Å². The number of rotatable bonds is 4. The summed E-state index contributed by atoms with van der Waals surface area (Å²) >= 11 is 0. The summed E-state index contributed by atoms with van der Waals surface area (Å²) in [5.41, 5.74) is -0.151. The molecule has 2 N–H and O–H groups in total. The zero-order valence-electron chi connectivity index (χ0n) is 9.53. The number of hydrogen-bond donors (Lipinski definition) is 2. The Morgan fingerprint density at radius 3 is 3.00 bits per heavy atom. The Morgan fingerprint density at radius 2 is 2.44 bits per heavy atom. The van der Waals surface area contributed by atoms with Crippen molar-refractivity contribution < 1.29 is 19.5 Å². The third kappa shape index (κ3) is 2.44. The first-order valence-electron chi connectivity index (χ1n) is 5.13. The summed E-state index contributed by atoms with van der Waals surface area (Å²) < 4.78 is 0. The van der Waals surface area contributed by atoms with Gasteiger partial charge in [0.05, 0.1) is 6.54 Å². The molecular weight excluding hydrogens is 242 g/mol. The molecule has 0 aliphatic carbocycles. The molecule has 1 atom stereocenters. The molecule has 1 amide bonds. The van der Waals surface area contributed by atoms with E-state index in [0.717, 1.165) is 0 Å². The Morgan fingerprint density at radius 1 is 1.67 bits per heavy atom. The molecule has 96 valence electrons. The van der Waals surface area contributed by atoms with Gasteiger partial charge in [-0.3, -0.25) is 9.89 Å². The molecule has 1 aromatic heterocycles. The third-order valence-electron chi connectivity index (χ3n) is 2.42. The van der Waals surface area contributed by atoms with Gasteiger partial charge in [-0.05, 0) is 0 Å². The molecule has 0 radical (unpaired) electrons. The van der Waals surface area contributed by atoms with E-state index < -0.39 is 12.1 Å². The van der Waals surface area contributed by atoms with E-state index in [0.29, 0.717) is 5.82 Å². The number of aliphatic carboxylic acids is 1. The van der Waals surface area contributed by atoms with Crippen LogP contribution in [-0.4, -0.2) is 55.9 Å². The van der Waals surface area contributed by atoms with Gasteiger partial charge >= 0.3 is 5.97 Å². The molecule has 18 heavy (non-hydrogen) atoms. The quantitative estimate of drug-likeness (QED) is 0.709. The molecule has 1 aromatic rings. The van der Waals surface area contributed by atoms with Crippen molar-refractivity contribution in [2.75, 3.05) is 7.05 Å². The largest absolute Gasteiger partial charge is 0.477 e. The molecule has 0 spiro atoms. The summed E-state index contributed by atoms with van der Waals surface area (Å²) in [6, 6.07) is 0. The van der Waals surface area contributed by atoms with Gasteiger partial charge in [0, 0.05) is 13.5 Å². The molecule has 9 nitrogen and oxygen atoms in total. The molecule has 1 aliphatic rings. The lowest BCUT2D eigenvalue weighted by Crippen LogP contribution is -2.36. The fraction of sp³-hybridized carbons (Fsp3) is 0.444. The highest BCUT2D eigenvalue weighted by Crippen LogP contribution is 2.13. The van der Waals surface area contributed by atoms with Crippen LogP contribution in [0.2, 0.25) is 0 Å². The number of oxime groups is 1. The summed E-state index contributed by atoms with van der Waals surface area (Å²) in [5.74, 6) is -1.00.